The summed E-state index contributed by atoms with van der Waals surface area (Å²) in [5.41, 5.74) is 3.66. The number of carbonyl (C=O) groups is 2. The fourth-order valence-corrected chi connectivity index (χ4v) is 3.94. The van der Waals surface area contributed by atoms with Crippen LogP contribution in [0.25, 0.3) is 11.0 Å². The minimum atomic E-state index is -0.151. The van der Waals surface area contributed by atoms with Crippen LogP contribution in [0, 0.1) is 0 Å². The van der Waals surface area contributed by atoms with Crippen LogP contribution in [-0.4, -0.2) is 50.6 Å². The fraction of sp³-hybridized carbons (Fsp3) is 0.316. The number of carbonyl (C=O) groups excluding carboxylic acids is 2. The minimum absolute atomic E-state index is 0.0107. The highest BCUT2D eigenvalue weighted by Gasteiger charge is 2.26. The molecule has 2 amide bonds. The molecule has 1 N–H and O–H groups in total. The molecule has 27 heavy (non-hydrogen) atoms. The number of hydrogen-bond donors (Lipinski definition) is 1. The maximum Gasteiger partial charge on any atom is 0.253 e. The van der Waals surface area contributed by atoms with Crippen molar-refractivity contribution >= 4 is 34.6 Å². The van der Waals surface area contributed by atoms with Crippen LogP contribution in [-0.2, 0) is 0 Å². The van der Waals surface area contributed by atoms with E-state index in [0.29, 0.717) is 17.7 Å². The van der Waals surface area contributed by atoms with Gasteiger partial charge in [0.2, 0.25) is 0 Å². The molecule has 1 fully saturated rings. The third kappa shape index (κ3) is 3.52. The molecule has 0 radical (unpaired) electrons. The maximum atomic E-state index is 12.9. The van der Waals surface area contributed by atoms with E-state index in [2.05, 4.69) is 19.0 Å². The van der Waals surface area contributed by atoms with Crippen molar-refractivity contribution in [3.63, 3.8) is 0 Å². The second-order valence-corrected chi connectivity index (χ2v) is 7.14. The average Bonchev–Trinajstić information content (AvgIpc) is 3.20. The van der Waals surface area contributed by atoms with Crippen LogP contribution in [0.5, 0.6) is 0 Å². The van der Waals surface area contributed by atoms with Crippen LogP contribution in [0.1, 0.15) is 45.2 Å². The van der Waals surface area contributed by atoms with E-state index >= 15 is 0 Å². The first-order chi connectivity index (χ1) is 13.2. The summed E-state index contributed by atoms with van der Waals surface area (Å²) in [4.78, 5) is 30.9. The molecule has 0 bridgehead atoms. The molecule has 8 heteroatoms. The molecule has 1 saturated heterocycles. The summed E-state index contributed by atoms with van der Waals surface area (Å²) in [6, 6.07) is 9.13. The van der Waals surface area contributed by atoms with E-state index in [1.165, 1.54) is 0 Å². The maximum absolute atomic E-state index is 12.9. The SMILES string of the molecule is CNC(=O)c1ccc([C@@H]2CCCN(C(=O)c3ccc4nsnc4c3)C2)nc1. The lowest BCUT2D eigenvalue weighted by Crippen LogP contribution is -2.39. The molecule has 0 aliphatic carbocycles. The van der Waals surface area contributed by atoms with Crippen molar-refractivity contribution in [2.24, 2.45) is 0 Å². The lowest BCUT2D eigenvalue weighted by Gasteiger charge is -2.32. The summed E-state index contributed by atoms with van der Waals surface area (Å²) in [6.07, 6.45) is 3.50. The van der Waals surface area contributed by atoms with Crippen molar-refractivity contribution in [3.05, 3.63) is 53.3 Å². The van der Waals surface area contributed by atoms with Crippen molar-refractivity contribution in [1.82, 2.24) is 23.9 Å². The van der Waals surface area contributed by atoms with Gasteiger partial charge in [-0.25, -0.2) is 0 Å². The van der Waals surface area contributed by atoms with Gasteiger partial charge >= 0.3 is 0 Å². The Morgan fingerprint density at radius 1 is 1.15 bits per heavy atom. The number of rotatable bonds is 3. The molecular formula is C19H19N5O2S. The lowest BCUT2D eigenvalue weighted by molar-refractivity contribution is 0.0706. The molecule has 3 heterocycles. The highest BCUT2D eigenvalue weighted by atomic mass is 32.1. The predicted octanol–water partition coefficient (Wildman–Crippen LogP) is 2.47. The van der Waals surface area contributed by atoms with Crippen LogP contribution < -0.4 is 5.32 Å². The number of aromatic nitrogens is 3. The number of likely N-dealkylation sites (tertiary alicyclic amines) is 1. The molecule has 4 rings (SSSR count). The molecule has 0 saturated carbocycles. The molecule has 1 aliphatic rings. The number of hydrogen-bond acceptors (Lipinski definition) is 6. The largest absolute Gasteiger partial charge is 0.355 e. The Kier molecular flexibility index (Phi) is 4.81. The molecule has 2 aromatic heterocycles. The normalized spacial score (nSPS) is 17.1. The average molecular weight is 381 g/mol. The summed E-state index contributed by atoms with van der Waals surface area (Å²) >= 11 is 1.15. The topological polar surface area (TPSA) is 88.1 Å². The van der Waals surface area contributed by atoms with E-state index in [0.717, 1.165) is 47.8 Å². The van der Waals surface area contributed by atoms with Gasteiger partial charge in [-0.1, -0.05) is 0 Å². The molecule has 138 valence electrons. The zero-order chi connectivity index (χ0) is 18.8. The highest BCUT2D eigenvalue weighted by molar-refractivity contribution is 7.00. The van der Waals surface area contributed by atoms with E-state index in [9.17, 15) is 9.59 Å². The molecule has 1 aromatic carbocycles. The Balaban J connectivity index is 1.50. The second kappa shape index (κ2) is 7.40. The molecule has 0 unspecified atom stereocenters. The van der Waals surface area contributed by atoms with Crippen molar-refractivity contribution in [2.75, 3.05) is 20.1 Å². The van der Waals surface area contributed by atoms with Gasteiger partial charge in [-0.15, -0.1) is 0 Å². The standard InChI is InChI=1S/C19H19N5O2S/c1-20-18(25)13-5-6-15(21-10-13)14-3-2-8-24(11-14)19(26)12-4-7-16-17(9-12)23-27-22-16/h4-7,9-10,14H,2-3,8,11H2,1H3,(H,20,25)/t14-/m1/s1. The predicted molar refractivity (Wildman–Crippen MR) is 103 cm³/mol. The number of nitrogens with one attached hydrogen (secondary N) is 1. The van der Waals surface area contributed by atoms with Crippen molar-refractivity contribution in [3.8, 4) is 0 Å². The van der Waals surface area contributed by atoms with Crippen LogP contribution in [0.4, 0.5) is 0 Å². The molecule has 1 aliphatic heterocycles. The number of amides is 2. The Labute approximate surface area is 160 Å². The van der Waals surface area contributed by atoms with E-state index < -0.39 is 0 Å². The van der Waals surface area contributed by atoms with Gasteiger partial charge in [0.05, 0.1) is 17.3 Å². The summed E-state index contributed by atoms with van der Waals surface area (Å²) < 4.78 is 8.39. The number of piperidine rings is 1. The molecule has 0 spiro atoms. The zero-order valence-corrected chi connectivity index (χ0v) is 15.7. The Bertz CT molecular complexity index is 985. The first-order valence-electron chi connectivity index (χ1n) is 8.85. The van der Waals surface area contributed by atoms with E-state index in [-0.39, 0.29) is 17.7 Å². The number of nitrogens with zero attached hydrogens (tertiary/aromatic N) is 4. The first-order valence-corrected chi connectivity index (χ1v) is 9.58. The third-order valence-corrected chi connectivity index (χ3v) is 5.46. The summed E-state index contributed by atoms with van der Waals surface area (Å²) in [6.45, 7) is 1.36. The quantitative estimate of drug-likeness (QED) is 0.753. The first kappa shape index (κ1) is 17.5. The minimum Gasteiger partial charge on any atom is -0.355 e. The molecular weight excluding hydrogens is 362 g/mol. The van der Waals surface area contributed by atoms with Crippen LogP contribution in [0.3, 0.4) is 0 Å². The lowest BCUT2D eigenvalue weighted by atomic mass is 9.93. The second-order valence-electron chi connectivity index (χ2n) is 6.61. The molecule has 3 aromatic rings. The molecule has 7 nitrogen and oxygen atoms in total. The van der Waals surface area contributed by atoms with Gasteiger partial charge in [0, 0.05) is 43.5 Å². The van der Waals surface area contributed by atoms with Gasteiger partial charge in [-0.2, -0.15) is 8.75 Å². The number of pyridine rings is 1. The van der Waals surface area contributed by atoms with Gasteiger partial charge in [0.25, 0.3) is 11.8 Å². The van der Waals surface area contributed by atoms with Crippen molar-refractivity contribution < 1.29 is 9.59 Å². The smallest absolute Gasteiger partial charge is 0.253 e. The van der Waals surface area contributed by atoms with Crippen molar-refractivity contribution in [2.45, 2.75) is 18.8 Å². The van der Waals surface area contributed by atoms with E-state index in [1.54, 1.807) is 25.4 Å². The van der Waals surface area contributed by atoms with Gasteiger partial charge < -0.3 is 10.2 Å². The van der Waals surface area contributed by atoms with Gasteiger partial charge in [-0.05, 0) is 43.2 Å². The zero-order valence-electron chi connectivity index (χ0n) is 14.9. The van der Waals surface area contributed by atoms with Crippen LogP contribution in [0.15, 0.2) is 36.5 Å². The molecule has 1 atom stereocenters. The Morgan fingerprint density at radius 3 is 2.74 bits per heavy atom. The third-order valence-electron chi connectivity index (χ3n) is 4.90. The number of fused-ring (bicyclic) bond motifs is 1. The van der Waals surface area contributed by atoms with Gasteiger partial charge in [-0.3, -0.25) is 14.6 Å². The van der Waals surface area contributed by atoms with Gasteiger partial charge in [0.1, 0.15) is 11.0 Å². The van der Waals surface area contributed by atoms with Gasteiger partial charge in [0.15, 0.2) is 0 Å². The monoisotopic (exact) mass is 381 g/mol. The number of benzene rings is 1. The summed E-state index contributed by atoms with van der Waals surface area (Å²) in [5.74, 6) is 0.0316. The van der Waals surface area contributed by atoms with E-state index in [4.69, 9.17) is 0 Å². The fourth-order valence-electron chi connectivity index (χ4n) is 3.43. The highest BCUT2D eigenvalue weighted by Crippen LogP contribution is 2.27. The van der Waals surface area contributed by atoms with Crippen molar-refractivity contribution in [1.29, 1.82) is 0 Å². The van der Waals surface area contributed by atoms with Crippen LogP contribution >= 0.6 is 11.7 Å². The Hall–Kier alpha value is -2.87. The summed E-state index contributed by atoms with van der Waals surface area (Å²) in [7, 11) is 1.60. The Morgan fingerprint density at radius 2 is 1.96 bits per heavy atom. The summed E-state index contributed by atoms with van der Waals surface area (Å²) in [5, 5.41) is 2.59. The van der Waals surface area contributed by atoms with Crippen LogP contribution in [0.2, 0.25) is 0 Å². The van der Waals surface area contributed by atoms with E-state index in [1.807, 2.05) is 23.1 Å².